The van der Waals surface area contributed by atoms with Crippen LogP contribution in [0.3, 0.4) is 0 Å². The van der Waals surface area contributed by atoms with Crippen molar-refractivity contribution in [2.45, 2.75) is 66.7 Å². The minimum absolute atomic E-state index is 0.193. The first-order valence-electron chi connectivity index (χ1n) is 10.8. The number of benzene rings is 2. The number of allylic oxidation sites excluding steroid dienone is 3. The summed E-state index contributed by atoms with van der Waals surface area (Å²) in [4.78, 5) is 0. The van der Waals surface area contributed by atoms with E-state index in [-0.39, 0.29) is 10.8 Å². The van der Waals surface area contributed by atoms with E-state index in [0.29, 0.717) is 5.92 Å². The monoisotopic (exact) mass is 370 g/mol. The molecule has 0 bridgehead atoms. The Morgan fingerprint density at radius 1 is 0.821 bits per heavy atom. The second kappa shape index (κ2) is 6.76. The molecule has 0 radical (unpaired) electrons. The van der Waals surface area contributed by atoms with Gasteiger partial charge in [-0.25, -0.2) is 0 Å². The maximum Gasteiger partial charge on any atom is 0.0106 e. The van der Waals surface area contributed by atoms with E-state index in [1.165, 1.54) is 35.1 Å². The predicted octanol–water partition coefficient (Wildman–Crippen LogP) is 8.05. The summed E-state index contributed by atoms with van der Waals surface area (Å²) in [6.45, 7) is 14.3. The molecule has 0 nitrogen and oxygen atoms in total. The van der Waals surface area contributed by atoms with Crippen LogP contribution in [0.15, 0.2) is 59.7 Å². The molecule has 0 fully saturated rings. The molecule has 4 rings (SSSR count). The molecule has 0 N–H and O–H groups in total. The highest BCUT2D eigenvalue weighted by Crippen LogP contribution is 2.50. The van der Waals surface area contributed by atoms with Gasteiger partial charge >= 0.3 is 0 Å². The molecular formula is C28H34. The van der Waals surface area contributed by atoms with Gasteiger partial charge in [0.2, 0.25) is 0 Å². The fourth-order valence-corrected chi connectivity index (χ4v) is 5.50. The van der Waals surface area contributed by atoms with Crippen LogP contribution in [0.1, 0.15) is 82.6 Å². The summed E-state index contributed by atoms with van der Waals surface area (Å²) < 4.78 is 0. The fraction of sp³-hybridized carbons (Fsp3) is 0.429. The largest absolute Gasteiger partial charge is 0.0619 e. The van der Waals surface area contributed by atoms with Gasteiger partial charge < -0.3 is 0 Å². The number of rotatable bonds is 3. The molecule has 0 heteroatoms. The van der Waals surface area contributed by atoms with E-state index in [0.717, 1.165) is 6.42 Å². The molecular weight excluding hydrogens is 336 g/mol. The van der Waals surface area contributed by atoms with Crippen molar-refractivity contribution < 1.29 is 0 Å². The van der Waals surface area contributed by atoms with Gasteiger partial charge in [-0.2, -0.15) is 0 Å². The van der Waals surface area contributed by atoms with Gasteiger partial charge in [-0.1, -0.05) is 107 Å². The molecule has 0 saturated heterocycles. The van der Waals surface area contributed by atoms with Crippen molar-refractivity contribution >= 4 is 11.6 Å². The maximum absolute atomic E-state index is 2.48. The van der Waals surface area contributed by atoms with Crippen LogP contribution in [-0.4, -0.2) is 0 Å². The topological polar surface area (TPSA) is 0 Å². The molecule has 1 unspecified atom stereocenters. The Hall–Kier alpha value is -2.08. The van der Waals surface area contributed by atoms with Crippen LogP contribution in [0, 0.1) is 10.8 Å². The highest BCUT2D eigenvalue weighted by Gasteiger charge is 2.35. The SMILES string of the molecule is CC(C)(C)C1=C(CCC2=Cc3ccccc3C2C(C)(C)C)Cc2ccccc21. The van der Waals surface area contributed by atoms with Gasteiger partial charge in [0.15, 0.2) is 0 Å². The Bertz CT molecular complexity index is 954. The molecule has 2 aromatic rings. The fourth-order valence-electron chi connectivity index (χ4n) is 5.50. The average Bonchev–Trinajstić information content (AvgIpc) is 3.16. The van der Waals surface area contributed by atoms with Gasteiger partial charge in [-0.15, -0.1) is 0 Å². The molecule has 0 amide bonds. The zero-order valence-electron chi connectivity index (χ0n) is 18.4. The van der Waals surface area contributed by atoms with Crippen molar-refractivity contribution in [2.24, 2.45) is 10.8 Å². The lowest BCUT2D eigenvalue weighted by atomic mass is 9.73. The van der Waals surface area contributed by atoms with Crippen LogP contribution in [0.5, 0.6) is 0 Å². The van der Waals surface area contributed by atoms with Gasteiger partial charge in [-0.05, 0) is 57.9 Å². The van der Waals surface area contributed by atoms with E-state index in [1.54, 1.807) is 16.7 Å². The van der Waals surface area contributed by atoms with Crippen molar-refractivity contribution in [1.29, 1.82) is 0 Å². The highest BCUT2D eigenvalue weighted by molar-refractivity contribution is 5.79. The second-order valence-corrected chi connectivity index (χ2v) is 10.7. The summed E-state index contributed by atoms with van der Waals surface area (Å²) in [6, 6.07) is 18.0. The first-order valence-corrected chi connectivity index (χ1v) is 10.8. The van der Waals surface area contributed by atoms with Crippen LogP contribution in [0.4, 0.5) is 0 Å². The van der Waals surface area contributed by atoms with Crippen molar-refractivity contribution in [3.8, 4) is 0 Å². The zero-order chi connectivity index (χ0) is 20.1. The van der Waals surface area contributed by atoms with Crippen molar-refractivity contribution in [3.63, 3.8) is 0 Å². The van der Waals surface area contributed by atoms with Gasteiger partial charge in [0.05, 0.1) is 0 Å². The lowest BCUT2D eigenvalue weighted by molar-refractivity contribution is 0.353. The van der Waals surface area contributed by atoms with Gasteiger partial charge in [0.1, 0.15) is 0 Å². The van der Waals surface area contributed by atoms with E-state index >= 15 is 0 Å². The lowest BCUT2D eigenvalue weighted by Crippen LogP contribution is -2.19. The Labute approximate surface area is 171 Å². The van der Waals surface area contributed by atoms with E-state index < -0.39 is 0 Å². The van der Waals surface area contributed by atoms with Crippen LogP contribution in [-0.2, 0) is 6.42 Å². The predicted molar refractivity (Wildman–Crippen MR) is 122 cm³/mol. The zero-order valence-corrected chi connectivity index (χ0v) is 18.4. The summed E-state index contributed by atoms with van der Waals surface area (Å²) in [5.41, 5.74) is 11.2. The number of hydrogen-bond donors (Lipinski definition) is 0. The third kappa shape index (κ3) is 3.39. The molecule has 0 heterocycles. The van der Waals surface area contributed by atoms with Crippen LogP contribution >= 0.6 is 0 Å². The molecule has 0 saturated carbocycles. The van der Waals surface area contributed by atoms with E-state index in [1.807, 2.05) is 0 Å². The third-order valence-electron chi connectivity index (χ3n) is 6.39. The lowest BCUT2D eigenvalue weighted by Gasteiger charge is -2.31. The molecule has 0 aromatic heterocycles. The van der Waals surface area contributed by atoms with Gasteiger partial charge in [-0.3, -0.25) is 0 Å². The van der Waals surface area contributed by atoms with E-state index in [9.17, 15) is 0 Å². The minimum atomic E-state index is 0.193. The maximum atomic E-state index is 2.48. The smallest absolute Gasteiger partial charge is 0.0106 e. The van der Waals surface area contributed by atoms with Crippen molar-refractivity contribution in [1.82, 2.24) is 0 Å². The highest BCUT2D eigenvalue weighted by atomic mass is 14.4. The molecule has 146 valence electrons. The van der Waals surface area contributed by atoms with Crippen LogP contribution in [0.25, 0.3) is 11.6 Å². The summed E-state index contributed by atoms with van der Waals surface area (Å²) in [5, 5.41) is 0. The van der Waals surface area contributed by atoms with Crippen LogP contribution < -0.4 is 0 Å². The van der Waals surface area contributed by atoms with Crippen molar-refractivity contribution in [2.75, 3.05) is 0 Å². The Balaban J connectivity index is 1.64. The summed E-state index contributed by atoms with van der Waals surface area (Å²) in [5.74, 6) is 0.533. The molecule has 1 atom stereocenters. The molecule has 2 aliphatic rings. The van der Waals surface area contributed by atoms with Crippen molar-refractivity contribution in [3.05, 3.63) is 81.9 Å². The molecule has 0 spiro atoms. The summed E-state index contributed by atoms with van der Waals surface area (Å²) in [7, 11) is 0. The first kappa shape index (κ1) is 19.2. The van der Waals surface area contributed by atoms with Gasteiger partial charge in [0, 0.05) is 5.92 Å². The molecule has 2 aliphatic carbocycles. The Kier molecular flexibility index (Phi) is 4.65. The van der Waals surface area contributed by atoms with Gasteiger partial charge in [0.25, 0.3) is 0 Å². The molecule has 2 aromatic carbocycles. The quantitative estimate of drug-likeness (QED) is 0.512. The summed E-state index contributed by atoms with van der Waals surface area (Å²) >= 11 is 0. The first-order chi connectivity index (χ1) is 13.2. The molecule has 28 heavy (non-hydrogen) atoms. The Morgan fingerprint density at radius 2 is 1.50 bits per heavy atom. The number of hydrogen-bond acceptors (Lipinski definition) is 0. The minimum Gasteiger partial charge on any atom is -0.0619 e. The van der Waals surface area contributed by atoms with E-state index in [2.05, 4.69) is 96.1 Å². The summed E-state index contributed by atoms with van der Waals surface area (Å²) in [6.07, 6.45) is 5.95. The molecule has 0 aliphatic heterocycles. The third-order valence-corrected chi connectivity index (χ3v) is 6.39. The van der Waals surface area contributed by atoms with E-state index in [4.69, 9.17) is 0 Å². The van der Waals surface area contributed by atoms with Crippen LogP contribution in [0.2, 0.25) is 0 Å². The number of fused-ring (bicyclic) bond motifs is 2. The standard InChI is InChI=1S/C28H34/c1-27(2,3)25-21(17-19-11-7-9-13-23(19)25)15-16-22-18-20-12-8-10-14-24(20)26(22)28(4,5)6/h7-14,17,25H,15-16,18H2,1-6H3. The Morgan fingerprint density at radius 3 is 2.21 bits per heavy atom. The second-order valence-electron chi connectivity index (χ2n) is 10.7. The normalized spacial score (nSPS) is 18.9. The average molecular weight is 371 g/mol.